The molecule has 1 fully saturated rings. The van der Waals surface area contributed by atoms with Gasteiger partial charge in [0.2, 0.25) is 0 Å². The Hall–Kier alpha value is 0. The molecule has 0 saturated heterocycles. The minimum absolute atomic E-state index is 0.897. The average Bonchev–Trinajstić information content (AvgIpc) is 2.83. The lowest BCUT2D eigenvalue weighted by Gasteiger charge is -2.18. The van der Waals surface area contributed by atoms with Crippen LogP contribution in [-0.4, -0.2) is 0 Å². The Morgan fingerprint density at radius 1 is 0.929 bits per heavy atom. The fourth-order valence-corrected chi connectivity index (χ4v) is 2.51. The van der Waals surface area contributed by atoms with Gasteiger partial charge in [-0.1, -0.05) is 47.0 Å². The summed E-state index contributed by atoms with van der Waals surface area (Å²) in [6.45, 7) is 9.43. The van der Waals surface area contributed by atoms with Gasteiger partial charge in [0.1, 0.15) is 0 Å². The van der Waals surface area contributed by atoms with Crippen LogP contribution in [0.15, 0.2) is 0 Å². The highest BCUT2D eigenvalue weighted by molar-refractivity contribution is 4.81. The van der Waals surface area contributed by atoms with E-state index >= 15 is 0 Å². The normalized spacial score (nSPS) is 19.3. The first kappa shape index (κ1) is 12.1. The van der Waals surface area contributed by atoms with Crippen molar-refractivity contribution < 1.29 is 0 Å². The molecule has 0 amide bonds. The van der Waals surface area contributed by atoms with Crippen LogP contribution in [0.1, 0.15) is 66.2 Å². The van der Waals surface area contributed by atoms with Crippen molar-refractivity contribution >= 4 is 0 Å². The Labute approximate surface area is 90.5 Å². The highest BCUT2D eigenvalue weighted by Crippen LogP contribution is 2.42. The molecule has 0 heteroatoms. The molecule has 0 aromatic carbocycles. The summed E-state index contributed by atoms with van der Waals surface area (Å²) >= 11 is 0. The largest absolute Gasteiger partial charge is 0.0628 e. The third-order valence-corrected chi connectivity index (χ3v) is 3.42. The van der Waals surface area contributed by atoms with Crippen LogP contribution in [0.25, 0.3) is 0 Å². The molecule has 1 aliphatic rings. The molecule has 1 saturated carbocycles. The van der Waals surface area contributed by atoms with Crippen LogP contribution in [0.2, 0.25) is 0 Å². The summed E-state index contributed by atoms with van der Waals surface area (Å²) < 4.78 is 0. The lowest BCUT2D eigenvalue weighted by molar-refractivity contribution is 0.328. The van der Waals surface area contributed by atoms with Crippen molar-refractivity contribution in [3.8, 4) is 0 Å². The average molecular weight is 196 g/mol. The van der Waals surface area contributed by atoms with E-state index in [1.54, 1.807) is 0 Å². The zero-order valence-corrected chi connectivity index (χ0v) is 10.6. The van der Waals surface area contributed by atoms with Gasteiger partial charge in [-0.2, -0.15) is 0 Å². The summed E-state index contributed by atoms with van der Waals surface area (Å²) in [5.74, 6) is 3.98. The molecule has 0 radical (unpaired) electrons. The smallest absolute Gasteiger partial charge is 0.0383 e. The Balaban J connectivity index is 2.15. The highest BCUT2D eigenvalue weighted by atomic mass is 14.4. The third-order valence-electron chi connectivity index (χ3n) is 3.42. The SMILES string of the molecule is CC(C)CCC[C@H](CC(C)C)C1CC1. The van der Waals surface area contributed by atoms with Gasteiger partial charge >= 0.3 is 0 Å². The van der Waals surface area contributed by atoms with Gasteiger partial charge in [-0.05, 0) is 42.9 Å². The standard InChI is InChI=1S/C14H28/c1-11(2)6-5-7-14(10-12(3)4)13-8-9-13/h11-14H,5-10H2,1-4H3/t14-/m1/s1. The molecule has 0 aliphatic heterocycles. The Morgan fingerprint density at radius 2 is 1.57 bits per heavy atom. The van der Waals surface area contributed by atoms with Crippen molar-refractivity contribution in [1.29, 1.82) is 0 Å². The third kappa shape index (κ3) is 5.02. The van der Waals surface area contributed by atoms with Crippen molar-refractivity contribution in [3.63, 3.8) is 0 Å². The zero-order valence-electron chi connectivity index (χ0n) is 10.6. The van der Waals surface area contributed by atoms with E-state index in [-0.39, 0.29) is 0 Å². The van der Waals surface area contributed by atoms with Crippen molar-refractivity contribution in [2.24, 2.45) is 23.7 Å². The minimum Gasteiger partial charge on any atom is -0.0628 e. The molecule has 1 aliphatic carbocycles. The van der Waals surface area contributed by atoms with Gasteiger partial charge in [0.15, 0.2) is 0 Å². The van der Waals surface area contributed by atoms with Gasteiger partial charge in [0.25, 0.3) is 0 Å². The van der Waals surface area contributed by atoms with E-state index < -0.39 is 0 Å². The van der Waals surface area contributed by atoms with E-state index in [1.807, 2.05) is 0 Å². The number of hydrogen-bond donors (Lipinski definition) is 0. The molecule has 0 nitrogen and oxygen atoms in total. The summed E-state index contributed by atoms with van der Waals surface area (Å²) in [7, 11) is 0. The molecule has 0 unspecified atom stereocenters. The van der Waals surface area contributed by atoms with Gasteiger partial charge in [0.05, 0.1) is 0 Å². The van der Waals surface area contributed by atoms with Crippen LogP contribution < -0.4 is 0 Å². The maximum absolute atomic E-state index is 2.37. The molecule has 0 aromatic rings. The van der Waals surface area contributed by atoms with Gasteiger partial charge in [-0.25, -0.2) is 0 Å². The Morgan fingerprint density at radius 3 is 2.00 bits per heavy atom. The van der Waals surface area contributed by atoms with E-state index in [2.05, 4.69) is 27.7 Å². The maximum Gasteiger partial charge on any atom is -0.0383 e. The first-order valence-electron chi connectivity index (χ1n) is 6.59. The van der Waals surface area contributed by atoms with Gasteiger partial charge in [-0.15, -0.1) is 0 Å². The van der Waals surface area contributed by atoms with Gasteiger partial charge in [-0.3, -0.25) is 0 Å². The van der Waals surface area contributed by atoms with E-state index in [1.165, 1.54) is 38.5 Å². The van der Waals surface area contributed by atoms with Gasteiger partial charge in [0, 0.05) is 0 Å². The summed E-state index contributed by atoms with van der Waals surface area (Å²) in [4.78, 5) is 0. The van der Waals surface area contributed by atoms with Crippen molar-refractivity contribution in [1.82, 2.24) is 0 Å². The fourth-order valence-electron chi connectivity index (χ4n) is 2.51. The zero-order chi connectivity index (χ0) is 10.6. The lowest BCUT2D eigenvalue weighted by atomic mass is 9.87. The minimum atomic E-state index is 0.897. The van der Waals surface area contributed by atoms with Crippen LogP contribution in [0.4, 0.5) is 0 Å². The van der Waals surface area contributed by atoms with E-state index in [4.69, 9.17) is 0 Å². The van der Waals surface area contributed by atoms with E-state index in [0.717, 1.165) is 23.7 Å². The van der Waals surface area contributed by atoms with Crippen LogP contribution >= 0.6 is 0 Å². The predicted octanol–water partition coefficient (Wildman–Crippen LogP) is 4.89. The van der Waals surface area contributed by atoms with E-state index in [0.29, 0.717) is 0 Å². The summed E-state index contributed by atoms with van der Waals surface area (Å²) in [6.07, 6.45) is 8.93. The van der Waals surface area contributed by atoms with Crippen molar-refractivity contribution in [3.05, 3.63) is 0 Å². The predicted molar refractivity (Wildman–Crippen MR) is 64.4 cm³/mol. The molecule has 0 N–H and O–H groups in total. The van der Waals surface area contributed by atoms with Crippen molar-refractivity contribution in [2.75, 3.05) is 0 Å². The fraction of sp³-hybridized carbons (Fsp3) is 1.00. The molecule has 1 rings (SSSR count). The molecule has 0 aromatic heterocycles. The number of rotatable bonds is 7. The quantitative estimate of drug-likeness (QED) is 0.544. The number of hydrogen-bond acceptors (Lipinski definition) is 0. The highest BCUT2D eigenvalue weighted by Gasteiger charge is 2.30. The molecular weight excluding hydrogens is 168 g/mol. The van der Waals surface area contributed by atoms with Crippen molar-refractivity contribution in [2.45, 2.75) is 66.2 Å². The molecule has 1 atom stereocenters. The summed E-state index contributed by atoms with van der Waals surface area (Å²) in [5, 5.41) is 0. The van der Waals surface area contributed by atoms with Crippen LogP contribution in [0, 0.1) is 23.7 Å². The van der Waals surface area contributed by atoms with Crippen LogP contribution in [-0.2, 0) is 0 Å². The van der Waals surface area contributed by atoms with Crippen LogP contribution in [0.3, 0.4) is 0 Å². The molecule has 0 heterocycles. The topological polar surface area (TPSA) is 0 Å². The monoisotopic (exact) mass is 196 g/mol. The molecule has 14 heavy (non-hydrogen) atoms. The maximum atomic E-state index is 2.37. The van der Waals surface area contributed by atoms with Crippen LogP contribution in [0.5, 0.6) is 0 Å². The Bertz CT molecular complexity index is 142. The summed E-state index contributed by atoms with van der Waals surface area (Å²) in [5.41, 5.74) is 0. The second-order valence-electron chi connectivity index (χ2n) is 6.05. The van der Waals surface area contributed by atoms with Gasteiger partial charge < -0.3 is 0 Å². The molecule has 0 spiro atoms. The summed E-state index contributed by atoms with van der Waals surface area (Å²) in [6, 6.07) is 0. The molecule has 0 bridgehead atoms. The van der Waals surface area contributed by atoms with E-state index in [9.17, 15) is 0 Å². The second-order valence-corrected chi connectivity index (χ2v) is 6.05. The first-order chi connectivity index (χ1) is 6.59. The molecule has 84 valence electrons. The second kappa shape index (κ2) is 5.78. The lowest BCUT2D eigenvalue weighted by Crippen LogP contribution is -2.07. The Kier molecular flexibility index (Phi) is 4.98. The first-order valence-corrected chi connectivity index (χ1v) is 6.59. The molecular formula is C14H28.